The highest BCUT2D eigenvalue weighted by atomic mass is 35.5. The molecule has 0 fully saturated rings. The number of nitriles is 1. The molecule has 0 aliphatic carbocycles. The minimum atomic E-state index is -0.203. The largest absolute Gasteiger partial charge is 0.340 e. The van der Waals surface area contributed by atoms with Crippen molar-refractivity contribution in [3.05, 3.63) is 47.2 Å². The molecule has 0 radical (unpaired) electrons. The number of carbonyl (C=O) groups is 1. The summed E-state index contributed by atoms with van der Waals surface area (Å²) in [6, 6.07) is 9.29. The second-order valence-corrected chi connectivity index (χ2v) is 5.30. The van der Waals surface area contributed by atoms with E-state index in [9.17, 15) is 4.79 Å². The molecule has 0 saturated heterocycles. The van der Waals surface area contributed by atoms with E-state index in [1.165, 1.54) is 11.1 Å². The topological polar surface area (TPSA) is 61.9 Å². The first kappa shape index (κ1) is 15.1. The minimum absolute atomic E-state index is 0.155. The SMILES string of the molecule is CC(C#N)CN(C)C(=O)c1cnn(-c2ccc(Cl)cc2)c1. The lowest BCUT2D eigenvalue weighted by Gasteiger charge is -2.17. The summed E-state index contributed by atoms with van der Waals surface area (Å²) in [5.41, 5.74) is 1.31. The Hall–Kier alpha value is -2.32. The molecule has 108 valence electrons. The van der Waals surface area contributed by atoms with Gasteiger partial charge in [-0.05, 0) is 31.2 Å². The van der Waals surface area contributed by atoms with Gasteiger partial charge in [-0.2, -0.15) is 10.4 Å². The van der Waals surface area contributed by atoms with E-state index in [1.54, 1.807) is 37.0 Å². The number of hydrogen-bond donors (Lipinski definition) is 0. The third kappa shape index (κ3) is 3.61. The van der Waals surface area contributed by atoms with Crippen LogP contribution in [0.5, 0.6) is 0 Å². The average Bonchev–Trinajstić information content (AvgIpc) is 2.96. The van der Waals surface area contributed by atoms with Gasteiger partial charge in [0.15, 0.2) is 0 Å². The van der Waals surface area contributed by atoms with E-state index in [0.717, 1.165) is 5.69 Å². The van der Waals surface area contributed by atoms with Crippen molar-refractivity contribution >= 4 is 17.5 Å². The van der Waals surface area contributed by atoms with E-state index in [2.05, 4.69) is 11.2 Å². The zero-order valence-electron chi connectivity index (χ0n) is 11.8. The van der Waals surface area contributed by atoms with Crippen LogP contribution in [0.4, 0.5) is 0 Å². The van der Waals surface area contributed by atoms with Crippen molar-refractivity contribution in [2.45, 2.75) is 6.92 Å². The van der Waals surface area contributed by atoms with Crippen molar-refractivity contribution in [3.63, 3.8) is 0 Å². The Kier molecular flexibility index (Phi) is 4.61. The van der Waals surface area contributed by atoms with Crippen LogP contribution in [0.25, 0.3) is 5.69 Å². The molecular weight excluding hydrogens is 288 g/mol. The third-order valence-corrected chi connectivity index (χ3v) is 3.29. The van der Waals surface area contributed by atoms with Gasteiger partial charge in [0.25, 0.3) is 5.91 Å². The summed E-state index contributed by atoms with van der Waals surface area (Å²) in [6.45, 7) is 2.17. The maximum Gasteiger partial charge on any atom is 0.256 e. The number of nitrogens with zero attached hydrogens (tertiary/aromatic N) is 4. The van der Waals surface area contributed by atoms with Crippen LogP contribution in [0.1, 0.15) is 17.3 Å². The molecule has 1 aromatic carbocycles. The Morgan fingerprint density at radius 2 is 2.14 bits per heavy atom. The number of benzene rings is 1. The Bertz CT molecular complexity index is 672. The van der Waals surface area contributed by atoms with Gasteiger partial charge in [0, 0.05) is 24.8 Å². The van der Waals surface area contributed by atoms with E-state index in [4.69, 9.17) is 16.9 Å². The van der Waals surface area contributed by atoms with Crippen molar-refractivity contribution in [2.75, 3.05) is 13.6 Å². The van der Waals surface area contributed by atoms with Gasteiger partial charge in [0.2, 0.25) is 0 Å². The molecule has 0 saturated carbocycles. The number of halogens is 1. The summed E-state index contributed by atoms with van der Waals surface area (Å²) < 4.78 is 1.62. The van der Waals surface area contributed by atoms with Gasteiger partial charge < -0.3 is 4.90 Å². The standard InChI is InChI=1S/C15H15ClN4O/c1-11(7-17)9-19(2)15(21)12-8-18-20(10-12)14-5-3-13(16)4-6-14/h3-6,8,10-11H,9H2,1-2H3. The summed E-state index contributed by atoms with van der Waals surface area (Å²) in [5.74, 6) is -0.359. The molecule has 1 heterocycles. The van der Waals surface area contributed by atoms with Gasteiger partial charge in [0.05, 0.1) is 29.4 Å². The lowest BCUT2D eigenvalue weighted by Crippen LogP contribution is -2.30. The summed E-state index contributed by atoms with van der Waals surface area (Å²) >= 11 is 5.84. The van der Waals surface area contributed by atoms with Crippen LogP contribution >= 0.6 is 11.6 Å². The van der Waals surface area contributed by atoms with Crippen molar-refractivity contribution in [3.8, 4) is 11.8 Å². The van der Waals surface area contributed by atoms with Crippen LogP contribution in [0.2, 0.25) is 5.02 Å². The monoisotopic (exact) mass is 302 g/mol. The fraction of sp³-hybridized carbons (Fsp3) is 0.267. The predicted octanol–water partition coefficient (Wildman–Crippen LogP) is 2.76. The quantitative estimate of drug-likeness (QED) is 0.872. The summed E-state index contributed by atoms with van der Waals surface area (Å²) in [7, 11) is 1.68. The number of aromatic nitrogens is 2. The third-order valence-electron chi connectivity index (χ3n) is 3.04. The van der Waals surface area contributed by atoms with Gasteiger partial charge in [-0.15, -0.1) is 0 Å². The van der Waals surface area contributed by atoms with E-state index >= 15 is 0 Å². The molecule has 1 amide bonds. The molecule has 0 N–H and O–H groups in total. The van der Waals surface area contributed by atoms with Gasteiger partial charge in [-0.3, -0.25) is 4.79 Å². The molecule has 5 nitrogen and oxygen atoms in total. The van der Waals surface area contributed by atoms with E-state index in [-0.39, 0.29) is 11.8 Å². The summed E-state index contributed by atoms with van der Waals surface area (Å²) in [5, 5.41) is 13.6. The average molecular weight is 303 g/mol. The highest BCUT2D eigenvalue weighted by Crippen LogP contribution is 2.14. The maximum atomic E-state index is 12.2. The molecule has 2 aromatic rings. The second-order valence-electron chi connectivity index (χ2n) is 4.87. The van der Waals surface area contributed by atoms with Crippen LogP contribution in [0, 0.1) is 17.2 Å². The van der Waals surface area contributed by atoms with Crippen LogP contribution in [0.15, 0.2) is 36.7 Å². The van der Waals surface area contributed by atoms with Crippen molar-refractivity contribution in [2.24, 2.45) is 5.92 Å². The lowest BCUT2D eigenvalue weighted by molar-refractivity contribution is 0.0785. The maximum absolute atomic E-state index is 12.2. The van der Waals surface area contributed by atoms with Crippen molar-refractivity contribution in [1.82, 2.24) is 14.7 Å². The van der Waals surface area contributed by atoms with Crippen LogP contribution in [-0.2, 0) is 0 Å². The molecule has 1 aromatic heterocycles. The van der Waals surface area contributed by atoms with E-state index in [1.807, 2.05) is 12.1 Å². The smallest absolute Gasteiger partial charge is 0.256 e. The normalized spacial score (nSPS) is 11.7. The first-order valence-corrected chi connectivity index (χ1v) is 6.84. The number of hydrogen-bond acceptors (Lipinski definition) is 3. The summed E-state index contributed by atoms with van der Waals surface area (Å²) in [4.78, 5) is 13.8. The highest BCUT2D eigenvalue weighted by Gasteiger charge is 2.16. The van der Waals surface area contributed by atoms with Crippen LogP contribution in [-0.4, -0.2) is 34.2 Å². The second kappa shape index (κ2) is 6.42. The first-order chi connectivity index (χ1) is 10.0. The van der Waals surface area contributed by atoms with Gasteiger partial charge in [0.1, 0.15) is 0 Å². The van der Waals surface area contributed by atoms with Crippen molar-refractivity contribution < 1.29 is 4.79 Å². The molecule has 0 spiro atoms. The molecule has 0 aliphatic rings. The Labute approximate surface area is 128 Å². The first-order valence-electron chi connectivity index (χ1n) is 6.47. The highest BCUT2D eigenvalue weighted by molar-refractivity contribution is 6.30. The minimum Gasteiger partial charge on any atom is -0.340 e. The van der Waals surface area contributed by atoms with E-state index in [0.29, 0.717) is 17.1 Å². The van der Waals surface area contributed by atoms with Crippen molar-refractivity contribution in [1.29, 1.82) is 5.26 Å². The lowest BCUT2D eigenvalue weighted by atomic mass is 10.2. The molecular formula is C15H15ClN4O. The molecule has 2 rings (SSSR count). The van der Waals surface area contributed by atoms with E-state index < -0.39 is 0 Å². The zero-order chi connectivity index (χ0) is 15.4. The van der Waals surface area contributed by atoms with Gasteiger partial charge in [-0.25, -0.2) is 4.68 Å². The number of rotatable bonds is 4. The molecule has 6 heteroatoms. The van der Waals surface area contributed by atoms with Gasteiger partial charge >= 0.3 is 0 Å². The molecule has 0 aliphatic heterocycles. The number of carbonyl (C=O) groups excluding carboxylic acids is 1. The molecule has 0 bridgehead atoms. The molecule has 21 heavy (non-hydrogen) atoms. The van der Waals surface area contributed by atoms with Crippen LogP contribution < -0.4 is 0 Å². The fourth-order valence-corrected chi connectivity index (χ4v) is 2.05. The zero-order valence-corrected chi connectivity index (χ0v) is 12.6. The molecule has 1 unspecified atom stereocenters. The number of amides is 1. The van der Waals surface area contributed by atoms with Crippen LogP contribution in [0.3, 0.4) is 0 Å². The Morgan fingerprint density at radius 3 is 2.76 bits per heavy atom. The molecule has 1 atom stereocenters. The Balaban J connectivity index is 2.14. The van der Waals surface area contributed by atoms with Gasteiger partial charge in [-0.1, -0.05) is 11.6 Å². The fourth-order valence-electron chi connectivity index (χ4n) is 1.92. The Morgan fingerprint density at radius 1 is 1.48 bits per heavy atom. The summed E-state index contributed by atoms with van der Waals surface area (Å²) in [6.07, 6.45) is 3.18. The predicted molar refractivity (Wildman–Crippen MR) is 80.3 cm³/mol.